The Labute approximate surface area is 109 Å². The molecule has 0 fully saturated rings. The van der Waals surface area contributed by atoms with Crippen molar-refractivity contribution in [3.05, 3.63) is 42.0 Å². The minimum atomic E-state index is -4.67. The van der Waals surface area contributed by atoms with Crippen molar-refractivity contribution in [1.29, 1.82) is 0 Å². The Morgan fingerprint density at radius 2 is 1.84 bits per heavy atom. The number of hydrogen-bond donors (Lipinski definition) is 1. The molecule has 2 aromatic rings. The first kappa shape index (κ1) is 13.6. The molecule has 0 atom stereocenters. The maximum atomic E-state index is 13.0. The highest BCUT2D eigenvalue weighted by Crippen LogP contribution is 2.31. The van der Waals surface area contributed by atoms with Crippen molar-refractivity contribution < 1.29 is 17.6 Å². The van der Waals surface area contributed by atoms with Gasteiger partial charge in [0.15, 0.2) is 0 Å². The molecule has 19 heavy (non-hydrogen) atoms. The van der Waals surface area contributed by atoms with Crippen LogP contribution in [0.25, 0.3) is 0 Å². The van der Waals surface area contributed by atoms with Crippen LogP contribution in [0.15, 0.2) is 40.3 Å². The number of alkyl halides is 3. The Kier molecular flexibility index (Phi) is 3.61. The molecule has 100 valence electrons. The summed E-state index contributed by atoms with van der Waals surface area (Å²) in [5.74, 6) is -2.09. The highest BCUT2D eigenvalue weighted by atomic mass is 32.2. The standard InChI is InChI=1S/C11H7F4N3S/c12-6-2-1-3-7(4-6)19-9-5-8(16)17-10(18-9)11(13,14)15/h1-5H,(H2,16,17,18). The molecule has 0 amide bonds. The average Bonchev–Trinajstić information content (AvgIpc) is 2.26. The SMILES string of the molecule is Nc1cc(Sc2cccc(F)c2)nc(C(F)(F)F)n1. The Balaban J connectivity index is 2.33. The fourth-order valence-corrected chi connectivity index (χ4v) is 2.14. The zero-order valence-corrected chi connectivity index (χ0v) is 10.1. The van der Waals surface area contributed by atoms with Gasteiger partial charge in [-0.3, -0.25) is 0 Å². The third kappa shape index (κ3) is 3.57. The number of aromatic nitrogens is 2. The van der Waals surface area contributed by atoms with Crippen molar-refractivity contribution in [2.24, 2.45) is 0 Å². The van der Waals surface area contributed by atoms with E-state index in [4.69, 9.17) is 5.73 Å². The van der Waals surface area contributed by atoms with Gasteiger partial charge < -0.3 is 5.73 Å². The Bertz CT molecular complexity index is 601. The van der Waals surface area contributed by atoms with Crippen molar-refractivity contribution in [2.75, 3.05) is 5.73 Å². The van der Waals surface area contributed by atoms with Crippen molar-refractivity contribution in [3.8, 4) is 0 Å². The van der Waals surface area contributed by atoms with E-state index < -0.39 is 17.8 Å². The molecule has 0 saturated heterocycles. The van der Waals surface area contributed by atoms with E-state index in [-0.39, 0.29) is 10.8 Å². The van der Waals surface area contributed by atoms with E-state index in [2.05, 4.69) is 9.97 Å². The normalized spacial score (nSPS) is 11.6. The first-order valence-corrected chi connectivity index (χ1v) is 5.81. The van der Waals surface area contributed by atoms with Gasteiger partial charge in [-0.05, 0) is 18.2 Å². The molecule has 1 heterocycles. The minimum absolute atomic E-state index is 0.00502. The quantitative estimate of drug-likeness (QED) is 0.680. The Morgan fingerprint density at radius 3 is 2.47 bits per heavy atom. The summed E-state index contributed by atoms with van der Waals surface area (Å²) in [7, 11) is 0. The molecule has 3 nitrogen and oxygen atoms in total. The first-order valence-electron chi connectivity index (χ1n) is 5.00. The van der Waals surface area contributed by atoms with Crippen molar-refractivity contribution in [1.82, 2.24) is 9.97 Å². The second-order valence-electron chi connectivity index (χ2n) is 3.51. The van der Waals surface area contributed by atoms with Crippen LogP contribution < -0.4 is 5.73 Å². The number of hydrogen-bond acceptors (Lipinski definition) is 4. The third-order valence-electron chi connectivity index (χ3n) is 1.99. The summed E-state index contributed by atoms with van der Waals surface area (Å²) in [6.07, 6.45) is -4.67. The van der Waals surface area contributed by atoms with Gasteiger partial charge >= 0.3 is 6.18 Å². The predicted octanol–water partition coefficient (Wildman–Crippen LogP) is 3.37. The molecule has 1 aromatic carbocycles. The largest absolute Gasteiger partial charge is 0.451 e. The zero-order chi connectivity index (χ0) is 14.0. The summed E-state index contributed by atoms with van der Waals surface area (Å²) in [5, 5.41) is 0.00502. The van der Waals surface area contributed by atoms with E-state index in [9.17, 15) is 17.6 Å². The Morgan fingerprint density at radius 1 is 1.11 bits per heavy atom. The lowest BCUT2D eigenvalue weighted by atomic mass is 10.4. The summed E-state index contributed by atoms with van der Waals surface area (Å²) in [4.78, 5) is 6.90. The summed E-state index contributed by atoms with van der Waals surface area (Å²) in [6.45, 7) is 0. The number of rotatable bonds is 2. The molecule has 0 saturated carbocycles. The lowest BCUT2D eigenvalue weighted by molar-refractivity contribution is -0.145. The van der Waals surface area contributed by atoms with Crippen LogP contribution in [0.1, 0.15) is 5.82 Å². The summed E-state index contributed by atoms with van der Waals surface area (Å²) < 4.78 is 50.5. The maximum Gasteiger partial charge on any atom is 0.451 e. The van der Waals surface area contributed by atoms with E-state index in [0.29, 0.717) is 4.90 Å². The van der Waals surface area contributed by atoms with Crippen LogP contribution in [0.5, 0.6) is 0 Å². The highest BCUT2D eigenvalue weighted by Gasteiger charge is 2.35. The number of nitrogens with two attached hydrogens (primary N) is 1. The summed E-state index contributed by atoms with van der Waals surface area (Å²) in [5.41, 5.74) is 5.30. The fraction of sp³-hybridized carbons (Fsp3) is 0.0909. The molecule has 0 unspecified atom stereocenters. The second kappa shape index (κ2) is 5.04. The lowest BCUT2D eigenvalue weighted by Crippen LogP contribution is -2.12. The van der Waals surface area contributed by atoms with Gasteiger partial charge in [0.25, 0.3) is 0 Å². The molecule has 0 spiro atoms. The van der Waals surface area contributed by atoms with Crippen LogP contribution in [0.2, 0.25) is 0 Å². The number of nitrogens with zero attached hydrogens (tertiary/aromatic N) is 2. The lowest BCUT2D eigenvalue weighted by Gasteiger charge is -2.08. The van der Waals surface area contributed by atoms with Gasteiger partial charge in [0.05, 0.1) is 0 Å². The van der Waals surface area contributed by atoms with E-state index in [1.165, 1.54) is 24.3 Å². The maximum absolute atomic E-state index is 13.0. The molecule has 0 radical (unpaired) electrons. The van der Waals surface area contributed by atoms with Crippen LogP contribution in [0.4, 0.5) is 23.4 Å². The van der Waals surface area contributed by atoms with Crippen LogP contribution in [-0.2, 0) is 6.18 Å². The van der Waals surface area contributed by atoms with Gasteiger partial charge in [-0.25, -0.2) is 14.4 Å². The van der Waals surface area contributed by atoms with E-state index >= 15 is 0 Å². The van der Waals surface area contributed by atoms with Crippen molar-refractivity contribution in [2.45, 2.75) is 16.1 Å². The fourth-order valence-electron chi connectivity index (χ4n) is 1.27. The zero-order valence-electron chi connectivity index (χ0n) is 9.28. The number of halogens is 4. The van der Waals surface area contributed by atoms with Crippen LogP contribution in [0.3, 0.4) is 0 Å². The van der Waals surface area contributed by atoms with Crippen LogP contribution >= 0.6 is 11.8 Å². The monoisotopic (exact) mass is 289 g/mol. The van der Waals surface area contributed by atoms with Gasteiger partial charge in [0.1, 0.15) is 16.7 Å². The molecular formula is C11H7F4N3S. The highest BCUT2D eigenvalue weighted by molar-refractivity contribution is 7.99. The molecule has 1 aromatic heterocycles. The number of benzene rings is 1. The predicted molar refractivity (Wildman–Crippen MR) is 62.0 cm³/mol. The molecule has 0 bridgehead atoms. The Hall–Kier alpha value is -1.83. The topological polar surface area (TPSA) is 51.8 Å². The molecule has 2 rings (SSSR count). The van der Waals surface area contributed by atoms with Gasteiger partial charge in [0, 0.05) is 11.0 Å². The average molecular weight is 289 g/mol. The smallest absolute Gasteiger partial charge is 0.384 e. The molecule has 2 N–H and O–H groups in total. The molecule has 0 aliphatic rings. The second-order valence-corrected chi connectivity index (χ2v) is 4.61. The van der Waals surface area contributed by atoms with Crippen LogP contribution in [0, 0.1) is 5.82 Å². The first-order chi connectivity index (χ1) is 8.84. The van der Waals surface area contributed by atoms with Gasteiger partial charge in [-0.15, -0.1) is 0 Å². The van der Waals surface area contributed by atoms with E-state index in [1.54, 1.807) is 6.07 Å². The van der Waals surface area contributed by atoms with E-state index in [0.717, 1.165) is 11.8 Å². The van der Waals surface area contributed by atoms with Gasteiger partial charge in [-0.2, -0.15) is 13.2 Å². The van der Waals surface area contributed by atoms with Crippen molar-refractivity contribution >= 4 is 17.6 Å². The molecule has 0 aliphatic heterocycles. The van der Waals surface area contributed by atoms with Gasteiger partial charge in [0.2, 0.25) is 5.82 Å². The van der Waals surface area contributed by atoms with Gasteiger partial charge in [-0.1, -0.05) is 17.8 Å². The number of nitrogen functional groups attached to an aromatic ring is 1. The molecule has 0 aliphatic carbocycles. The molecular weight excluding hydrogens is 282 g/mol. The summed E-state index contributed by atoms with van der Waals surface area (Å²) >= 11 is 0.875. The number of anilines is 1. The third-order valence-corrected chi connectivity index (χ3v) is 2.90. The summed E-state index contributed by atoms with van der Waals surface area (Å²) in [6, 6.07) is 6.63. The minimum Gasteiger partial charge on any atom is -0.384 e. The molecule has 8 heteroatoms. The van der Waals surface area contributed by atoms with E-state index in [1.807, 2.05) is 0 Å². The van der Waals surface area contributed by atoms with Crippen molar-refractivity contribution in [3.63, 3.8) is 0 Å². The van der Waals surface area contributed by atoms with Crippen LogP contribution in [-0.4, -0.2) is 9.97 Å².